The summed E-state index contributed by atoms with van der Waals surface area (Å²) in [6.45, 7) is 1.97. The van der Waals surface area contributed by atoms with Gasteiger partial charge in [-0.2, -0.15) is 0 Å². The van der Waals surface area contributed by atoms with Crippen molar-refractivity contribution in [2.75, 3.05) is 0 Å². The maximum atomic E-state index is 11.8. The molecule has 5 heteroatoms. The first-order valence-corrected chi connectivity index (χ1v) is 7.98. The molecule has 0 spiro atoms. The predicted molar refractivity (Wildman–Crippen MR) is 92.7 cm³/mol. The van der Waals surface area contributed by atoms with Gasteiger partial charge in [0.25, 0.3) is 0 Å². The van der Waals surface area contributed by atoms with Crippen LogP contribution in [0.2, 0.25) is 0 Å². The second-order valence-corrected chi connectivity index (χ2v) is 6.66. The summed E-state index contributed by atoms with van der Waals surface area (Å²) in [5.74, 6) is -0.0331. The number of fused-ring (bicyclic) bond motifs is 1. The first kappa shape index (κ1) is 14.8. The third-order valence-electron chi connectivity index (χ3n) is 5.12. The van der Waals surface area contributed by atoms with Crippen LogP contribution < -0.4 is 5.73 Å². The number of amides is 1. The molecule has 1 aliphatic rings. The number of carbonyl (C=O) groups is 1. The normalized spacial score (nSPS) is 15.6. The average molecular weight is 321 g/mol. The van der Waals surface area contributed by atoms with Crippen LogP contribution in [0.25, 0.3) is 22.2 Å². The minimum absolute atomic E-state index is 0.260. The number of aromatic nitrogens is 2. The van der Waals surface area contributed by atoms with E-state index in [9.17, 15) is 9.90 Å². The van der Waals surface area contributed by atoms with Gasteiger partial charge in [-0.1, -0.05) is 0 Å². The van der Waals surface area contributed by atoms with E-state index in [-0.39, 0.29) is 11.7 Å². The van der Waals surface area contributed by atoms with E-state index in [4.69, 9.17) is 5.73 Å². The lowest BCUT2D eigenvalue weighted by atomic mass is 10.0. The number of aryl methyl sites for hydroxylation is 2. The average Bonchev–Trinajstić information content (AvgIpc) is 3.29. The van der Waals surface area contributed by atoms with Crippen molar-refractivity contribution < 1.29 is 9.90 Å². The first-order chi connectivity index (χ1) is 11.4. The molecule has 24 heavy (non-hydrogen) atoms. The molecule has 5 nitrogen and oxygen atoms in total. The van der Waals surface area contributed by atoms with Crippen LogP contribution in [-0.2, 0) is 17.3 Å². The van der Waals surface area contributed by atoms with Crippen LogP contribution in [0, 0.1) is 6.92 Å². The standard InChI is InChI=1S/C19H19N3O2/c1-11-7-13(23)3-4-14(11)16-8-12-10-21-17(9-15(12)22(16)2)19(5-6-19)18(20)24/h3-4,7-10,23H,5-6H2,1-2H3,(H2,20,24). The van der Waals surface area contributed by atoms with Gasteiger partial charge in [0.15, 0.2) is 0 Å². The third-order valence-corrected chi connectivity index (χ3v) is 5.12. The lowest BCUT2D eigenvalue weighted by Crippen LogP contribution is -2.29. The van der Waals surface area contributed by atoms with E-state index in [1.807, 2.05) is 32.3 Å². The maximum absolute atomic E-state index is 11.8. The molecule has 0 atom stereocenters. The van der Waals surface area contributed by atoms with E-state index in [2.05, 4.69) is 15.6 Å². The minimum atomic E-state index is -0.576. The Labute approximate surface area is 139 Å². The van der Waals surface area contributed by atoms with Gasteiger partial charge in [-0.3, -0.25) is 9.78 Å². The number of aromatic hydroxyl groups is 1. The molecule has 0 bridgehead atoms. The van der Waals surface area contributed by atoms with Gasteiger partial charge in [0.2, 0.25) is 5.91 Å². The first-order valence-electron chi connectivity index (χ1n) is 7.98. The van der Waals surface area contributed by atoms with Crippen molar-refractivity contribution in [3.05, 3.63) is 47.8 Å². The van der Waals surface area contributed by atoms with E-state index in [1.54, 1.807) is 12.1 Å². The number of benzene rings is 1. The Morgan fingerprint density at radius 2 is 2.04 bits per heavy atom. The van der Waals surface area contributed by atoms with E-state index in [1.165, 1.54) is 0 Å². The van der Waals surface area contributed by atoms with Gasteiger partial charge in [0.1, 0.15) is 5.75 Å². The van der Waals surface area contributed by atoms with E-state index < -0.39 is 5.41 Å². The molecule has 1 saturated carbocycles. The van der Waals surface area contributed by atoms with Gasteiger partial charge in [0, 0.05) is 29.9 Å². The van der Waals surface area contributed by atoms with Gasteiger partial charge < -0.3 is 15.4 Å². The van der Waals surface area contributed by atoms with Crippen LogP contribution in [-0.4, -0.2) is 20.6 Å². The molecule has 0 unspecified atom stereocenters. The highest BCUT2D eigenvalue weighted by Gasteiger charge is 2.51. The Balaban J connectivity index is 1.88. The highest BCUT2D eigenvalue weighted by atomic mass is 16.3. The highest BCUT2D eigenvalue weighted by Crippen LogP contribution is 2.47. The fourth-order valence-electron chi connectivity index (χ4n) is 3.44. The number of hydrogen-bond donors (Lipinski definition) is 2. The van der Waals surface area contributed by atoms with Crippen LogP contribution in [0.1, 0.15) is 24.1 Å². The number of phenolic OH excluding ortho intramolecular Hbond substituents is 1. The summed E-state index contributed by atoms with van der Waals surface area (Å²) in [5.41, 5.74) is 9.89. The summed E-state index contributed by atoms with van der Waals surface area (Å²) in [6.07, 6.45) is 3.36. The van der Waals surface area contributed by atoms with Crippen molar-refractivity contribution in [1.82, 2.24) is 9.55 Å². The van der Waals surface area contributed by atoms with Gasteiger partial charge in [0.05, 0.1) is 16.6 Å². The smallest absolute Gasteiger partial charge is 0.229 e. The largest absolute Gasteiger partial charge is 0.508 e. The second-order valence-electron chi connectivity index (χ2n) is 6.66. The Morgan fingerprint density at radius 3 is 2.67 bits per heavy atom. The Kier molecular flexibility index (Phi) is 2.97. The van der Waals surface area contributed by atoms with Crippen molar-refractivity contribution in [1.29, 1.82) is 0 Å². The molecular weight excluding hydrogens is 302 g/mol. The number of hydrogen-bond acceptors (Lipinski definition) is 3. The molecule has 0 aliphatic heterocycles. The zero-order valence-electron chi connectivity index (χ0n) is 13.7. The summed E-state index contributed by atoms with van der Waals surface area (Å²) in [7, 11) is 2.00. The fraction of sp³-hybridized carbons (Fsp3) is 0.263. The van der Waals surface area contributed by atoms with Crippen LogP contribution in [0.15, 0.2) is 36.5 Å². The summed E-state index contributed by atoms with van der Waals surface area (Å²) in [4.78, 5) is 16.3. The molecule has 2 heterocycles. The molecule has 1 fully saturated rings. The third kappa shape index (κ3) is 2.01. The molecule has 1 aliphatic carbocycles. The maximum Gasteiger partial charge on any atom is 0.229 e. The number of rotatable bonds is 3. The van der Waals surface area contributed by atoms with Gasteiger partial charge in [-0.05, 0) is 55.7 Å². The molecule has 1 amide bonds. The predicted octanol–water partition coefficient (Wildman–Crippen LogP) is 2.77. The second kappa shape index (κ2) is 4.84. The molecule has 3 N–H and O–H groups in total. The molecule has 122 valence electrons. The quantitative estimate of drug-likeness (QED) is 0.778. The molecule has 0 saturated heterocycles. The van der Waals surface area contributed by atoms with E-state index in [0.717, 1.165) is 46.3 Å². The summed E-state index contributed by atoms with van der Waals surface area (Å²) < 4.78 is 2.09. The number of nitrogens with two attached hydrogens (primary N) is 1. The van der Waals surface area contributed by atoms with Gasteiger partial charge in [-0.25, -0.2) is 0 Å². The lowest BCUT2D eigenvalue weighted by Gasteiger charge is -2.11. The van der Waals surface area contributed by atoms with E-state index in [0.29, 0.717) is 0 Å². The molecule has 2 aromatic heterocycles. The number of carbonyl (C=O) groups excluding carboxylic acids is 1. The van der Waals surface area contributed by atoms with Crippen molar-refractivity contribution in [3.8, 4) is 17.0 Å². The van der Waals surface area contributed by atoms with Crippen LogP contribution in [0.3, 0.4) is 0 Å². The Bertz CT molecular complexity index is 984. The van der Waals surface area contributed by atoms with Crippen molar-refractivity contribution in [2.24, 2.45) is 12.8 Å². The van der Waals surface area contributed by atoms with E-state index >= 15 is 0 Å². The van der Waals surface area contributed by atoms with Gasteiger partial charge in [-0.15, -0.1) is 0 Å². The molecule has 0 radical (unpaired) electrons. The number of primary amides is 1. The number of nitrogens with zero attached hydrogens (tertiary/aromatic N) is 2. The van der Waals surface area contributed by atoms with Crippen molar-refractivity contribution in [2.45, 2.75) is 25.2 Å². The van der Waals surface area contributed by atoms with Crippen molar-refractivity contribution in [3.63, 3.8) is 0 Å². The summed E-state index contributed by atoms with van der Waals surface area (Å²) in [6, 6.07) is 9.42. The summed E-state index contributed by atoms with van der Waals surface area (Å²) >= 11 is 0. The Morgan fingerprint density at radius 1 is 1.29 bits per heavy atom. The highest BCUT2D eigenvalue weighted by molar-refractivity contribution is 5.92. The monoisotopic (exact) mass is 321 g/mol. The summed E-state index contributed by atoms with van der Waals surface area (Å²) in [5, 5.41) is 10.6. The van der Waals surface area contributed by atoms with Crippen LogP contribution in [0.5, 0.6) is 5.75 Å². The number of pyridine rings is 1. The zero-order valence-corrected chi connectivity index (χ0v) is 13.7. The minimum Gasteiger partial charge on any atom is -0.508 e. The SMILES string of the molecule is Cc1cc(O)ccc1-c1cc2cnc(C3(C(N)=O)CC3)cc2n1C. The van der Waals surface area contributed by atoms with Crippen LogP contribution >= 0.6 is 0 Å². The van der Waals surface area contributed by atoms with Gasteiger partial charge >= 0.3 is 0 Å². The topological polar surface area (TPSA) is 81.1 Å². The molecule has 3 aromatic rings. The fourth-order valence-corrected chi connectivity index (χ4v) is 3.44. The van der Waals surface area contributed by atoms with Crippen molar-refractivity contribution >= 4 is 16.8 Å². The molecule has 4 rings (SSSR count). The molecular formula is C19H19N3O2. The lowest BCUT2D eigenvalue weighted by molar-refractivity contribution is -0.120. The molecule has 1 aromatic carbocycles. The zero-order chi connectivity index (χ0) is 17.1. The van der Waals surface area contributed by atoms with Crippen LogP contribution in [0.4, 0.5) is 0 Å². The number of phenols is 1. The Hall–Kier alpha value is -2.82.